The van der Waals surface area contributed by atoms with E-state index in [2.05, 4.69) is 31.8 Å². The number of ether oxygens (including phenoxy) is 2. The van der Waals surface area contributed by atoms with E-state index in [4.69, 9.17) is 14.6 Å². The number of sulfone groups is 1. The number of esters is 1. The molecule has 4 aromatic rings. The summed E-state index contributed by atoms with van der Waals surface area (Å²) in [4.78, 5) is 42.3. The lowest BCUT2D eigenvalue weighted by molar-refractivity contribution is -0.144. The molecule has 0 saturated heterocycles. The molecule has 4 rings (SSSR count). The smallest absolute Gasteiger partial charge is 0.308 e. The summed E-state index contributed by atoms with van der Waals surface area (Å²) in [6.07, 6.45) is 3.00. The molecule has 0 aliphatic heterocycles. The lowest BCUT2D eigenvalue weighted by Gasteiger charge is -2.31. The highest BCUT2D eigenvalue weighted by molar-refractivity contribution is 9.10. The summed E-state index contributed by atoms with van der Waals surface area (Å²) in [5, 5.41) is 9.81. The number of H-pyrrole nitrogens is 1. The number of methoxy groups -OCH3 is 1. The molecule has 0 unspecified atom stereocenters. The molecular weight excluding hydrogens is 776 g/mol. The highest BCUT2D eigenvalue weighted by atomic mass is 79.9. The SMILES string of the molecule is COC(=O)[C@H](C)Cc1cccc([C@@](C)(CCCC(C)(C)CS(=O)(=O)CCO)C(=O)NNC(=O)c2cc(Oc3c(F)cc4[nH]ccc4c3Br)ccc2F)c1. The van der Waals surface area contributed by atoms with Crippen LogP contribution in [0, 0.1) is 23.0 Å². The van der Waals surface area contributed by atoms with Crippen LogP contribution in [0.4, 0.5) is 8.78 Å². The number of hydrazine groups is 1. The maximum Gasteiger partial charge on any atom is 0.308 e. The summed E-state index contributed by atoms with van der Waals surface area (Å²) < 4.78 is 65.7. The standard InChI is InChI=1S/C38H44BrF2N3O8S/c1-23(35(47)51-5)18-24-8-6-9-25(19-24)38(4,14-7-13-37(2,3)22-53(49,50)17-16-45)36(48)44-43-34(46)28-20-26(10-11-29(28)40)52-33-30(41)21-31-27(32(33)39)12-15-42-31/h6,8-12,15,19-21,23,42,45H,7,13-14,16-18,22H2,1-5H3,(H,43,46)(H,44,48)/t23-,38-/m1/s1. The molecule has 0 fully saturated rings. The zero-order valence-electron chi connectivity index (χ0n) is 30.1. The topological polar surface area (TPSA) is 164 Å². The van der Waals surface area contributed by atoms with Gasteiger partial charge in [0.1, 0.15) is 11.6 Å². The monoisotopic (exact) mass is 819 g/mol. The number of aromatic nitrogens is 1. The number of carbonyl (C=O) groups excluding carboxylic acids is 3. The highest BCUT2D eigenvalue weighted by Gasteiger charge is 2.37. The summed E-state index contributed by atoms with van der Waals surface area (Å²) in [5.74, 6) is -4.81. The average Bonchev–Trinajstić information content (AvgIpc) is 3.57. The number of hydrogen-bond acceptors (Lipinski definition) is 8. The van der Waals surface area contributed by atoms with Crippen molar-refractivity contribution >= 4 is 54.5 Å². The number of aliphatic hydroxyl groups is 1. The minimum absolute atomic E-state index is 0.0381. The van der Waals surface area contributed by atoms with E-state index < -0.39 is 68.2 Å². The number of nitrogens with one attached hydrogen (secondary N) is 3. The van der Waals surface area contributed by atoms with Crippen LogP contribution in [-0.2, 0) is 36.0 Å². The molecular formula is C38H44BrF2N3O8S. The van der Waals surface area contributed by atoms with Gasteiger partial charge in [0, 0.05) is 23.2 Å². The van der Waals surface area contributed by atoms with Crippen molar-refractivity contribution in [3.05, 3.63) is 93.6 Å². The van der Waals surface area contributed by atoms with Gasteiger partial charge >= 0.3 is 5.97 Å². The molecule has 4 N–H and O–H groups in total. The summed E-state index contributed by atoms with van der Waals surface area (Å²) in [5.41, 5.74) is 4.13. The van der Waals surface area contributed by atoms with Gasteiger partial charge in [-0.2, -0.15) is 0 Å². The number of aromatic amines is 1. The van der Waals surface area contributed by atoms with Gasteiger partial charge in [-0.3, -0.25) is 25.2 Å². The average molecular weight is 821 g/mol. The molecule has 2 atom stereocenters. The zero-order chi connectivity index (χ0) is 39.1. The third-order valence-corrected chi connectivity index (χ3v) is 12.0. The van der Waals surface area contributed by atoms with Crippen molar-refractivity contribution < 1.29 is 46.2 Å². The third kappa shape index (κ3) is 10.4. The van der Waals surface area contributed by atoms with E-state index >= 15 is 0 Å². The Morgan fingerprint density at radius 1 is 1.00 bits per heavy atom. The Kier molecular flexibility index (Phi) is 13.4. The van der Waals surface area contributed by atoms with Gasteiger partial charge in [0.15, 0.2) is 21.4 Å². The number of amides is 2. The van der Waals surface area contributed by atoms with Crippen molar-refractivity contribution in [3.63, 3.8) is 0 Å². The van der Waals surface area contributed by atoms with Crippen LogP contribution in [0.25, 0.3) is 10.9 Å². The Balaban J connectivity index is 1.56. The molecule has 15 heteroatoms. The van der Waals surface area contributed by atoms with Crippen molar-refractivity contribution in [2.75, 3.05) is 25.2 Å². The number of benzene rings is 3. The predicted octanol–water partition coefficient (Wildman–Crippen LogP) is 6.68. The Bertz CT molecular complexity index is 2090. The fourth-order valence-corrected chi connectivity index (χ4v) is 8.63. The van der Waals surface area contributed by atoms with Crippen molar-refractivity contribution in [1.82, 2.24) is 15.8 Å². The second-order valence-corrected chi connectivity index (χ2v) is 17.1. The molecule has 0 aliphatic rings. The number of halogens is 3. The molecule has 53 heavy (non-hydrogen) atoms. The van der Waals surface area contributed by atoms with Crippen LogP contribution in [0.1, 0.15) is 68.4 Å². The first-order chi connectivity index (χ1) is 24.9. The molecule has 0 saturated carbocycles. The van der Waals surface area contributed by atoms with Crippen LogP contribution < -0.4 is 15.6 Å². The molecule has 0 bridgehead atoms. The van der Waals surface area contributed by atoms with Crippen LogP contribution in [0.3, 0.4) is 0 Å². The number of carbonyl (C=O) groups is 3. The van der Waals surface area contributed by atoms with Crippen molar-refractivity contribution in [3.8, 4) is 11.5 Å². The Morgan fingerprint density at radius 3 is 2.43 bits per heavy atom. The largest absolute Gasteiger partial charge is 0.469 e. The van der Waals surface area contributed by atoms with E-state index in [1.165, 1.54) is 19.2 Å². The molecule has 0 spiro atoms. The summed E-state index contributed by atoms with van der Waals surface area (Å²) in [7, 11) is -2.20. The molecule has 11 nitrogen and oxygen atoms in total. The lowest BCUT2D eigenvalue weighted by atomic mass is 9.75. The normalized spacial score (nSPS) is 13.6. The molecule has 286 valence electrons. The van der Waals surface area contributed by atoms with Crippen LogP contribution in [0.15, 0.2) is 65.3 Å². The number of aliphatic hydroxyl groups excluding tert-OH is 1. The first kappa shape index (κ1) is 41.4. The van der Waals surface area contributed by atoms with Gasteiger partial charge in [-0.05, 0) is 82.9 Å². The Hall–Kier alpha value is -4.34. The fourth-order valence-electron chi connectivity index (χ4n) is 6.25. The van der Waals surface area contributed by atoms with E-state index in [0.717, 1.165) is 17.7 Å². The van der Waals surface area contributed by atoms with Gasteiger partial charge < -0.3 is 19.6 Å². The zero-order valence-corrected chi connectivity index (χ0v) is 32.6. The molecule has 1 heterocycles. The third-order valence-electron chi connectivity index (χ3n) is 9.15. The fraction of sp³-hybridized carbons (Fsp3) is 0.395. The van der Waals surface area contributed by atoms with E-state index in [0.29, 0.717) is 40.2 Å². The molecule has 3 aromatic carbocycles. The Morgan fingerprint density at radius 2 is 1.74 bits per heavy atom. The van der Waals surface area contributed by atoms with Crippen molar-refractivity contribution in [2.45, 2.75) is 58.8 Å². The highest BCUT2D eigenvalue weighted by Crippen LogP contribution is 2.39. The van der Waals surface area contributed by atoms with Gasteiger partial charge in [0.25, 0.3) is 5.91 Å². The predicted molar refractivity (Wildman–Crippen MR) is 200 cm³/mol. The molecule has 0 aliphatic carbocycles. The van der Waals surface area contributed by atoms with Gasteiger partial charge in [-0.15, -0.1) is 0 Å². The Labute approximate surface area is 315 Å². The quantitative estimate of drug-likeness (QED) is 0.0719. The van der Waals surface area contributed by atoms with Crippen LogP contribution >= 0.6 is 15.9 Å². The molecule has 2 amide bonds. The first-order valence-corrected chi connectivity index (χ1v) is 19.5. The van der Waals surface area contributed by atoms with Gasteiger partial charge in [0.2, 0.25) is 5.91 Å². The summed E-state index contributed by atoms with van der Waals surface area (Å²) in [6, 6.07) is 13.4. The lowest BCUT2D eigenvalue weighted by Crippen LogP contribution is -2.50. The van der Waals surface area contributed by atoms with E-state index in [1.54, 1.807) is 58.2 Å². The first-order valence-electron chi connectivity index (χ1n) is 16.9. The summed E-state index contributed by atoms with van der Waals surface area (Å²) >= 11 is 3.34. The second-order valence-electron chi connectivity index (χ2n) is 14.1. The van der Waals surface area contributed by atoms with E-state index in [1.807, 2.05) is 6.07 Å². The summed E-state index contributed by atoms with van der Waals surface area (Å²) in [6.45, 7) is 6.52. The van der Waals surface area contributed by atoms with Crippen LogP contribution in [0.2, 0.25) is 0 Å². The molecule has 0 radical (unpaired) electrons. The van der Waals surface area contributed by atoms with E-state index in [-0.39, 0.29) is 29.4 Å². The van der Waals surface area contributed by atoms with Gasteiger partial charge in [0.05, 0.1) is 46.6 Å². The van der Waals surface area contributed by atoms with Crippen LogP contribution in [-0.4, -0.2) is 61.5 Å². The minimum atomic E-state index is -3.51. The minimum Gasteiger partial charge on any atom is -0.469 e. The maximum absolute atomic E-state index is 15.0. The number of rotatable bonds is 16. The number of fused-ring (bicyclic) bond motifs is 1. The van der Waals surface area contributed by atoms with Crippen LogP contribution in [0.5, 0.6) is 11.5 Å². The van der Waals surface area contributed by atoms with Gasteiger partial charge in [-0.25, -0.2) is 17.2 Å². The van der Waals surface area contributed by atoms with E-state index in [9.17, 15) is 31.6 Å². The number of hydrogen-bond donors (Lipinski definition) is 4. The van der Waals surface area contributed by atoms with Crippen molar-refractivity contribution in [2.24, 2.45) is 11.3 Å². The maximum atomic E-state index is 15.0. The van der Waals surface area contributed by atoms with Crippen molar-refractivity contribution in [1.29, 1.82) is 0 Å². The second kappa shape index (κ2) is 17.2. The molecule has 1 aromatic heterocycles. The van der Waals surface area contributed by atoms with Gasteiger partial charge in [-0.1, -0.05) is 51.5 Å².